The number of benzene rings is 3. The number of fused-ring (bicyclic) bond motifs is 1. The molecule has 0 radical (unpaired) electrons. The highest BCUT2D eigenvalue weighted by Gasteiger charge is 2.23. The van der Waals surface area contributed by atoms with Crippen molar-refractivity contribution in [3.63, 3.8) is 0 Å². The van der Waals surface area contributed by atoms with Gasteiger partial charge in [0, 0.05) is 5.92 Å². The van der Waals surface area contributed by atoms with E-state index in [2.05, 4.69) is 54.6 Å². The van der Waals surface area contributed by atoms with Gasteiger partial charge in [-0.3, -0.25) is 0 Å². The smallest absolute Gasteiger partial charge is 0.0646 e. The molecule has 3 rings (SSSR count). The predicted octanol–water partition coefficient (Wildman–Crippen LogP) is 4.74. The van der Waals surface area contributed by atoms with Crippen LogP contribution in [0.3, 0.4) is 0 Å². The summed E-state index contributed by atoms with van der Waals surface area (Å²) in [6.07, 6.45) is 0.362. The van der Waals surface area contributed by atoms with E-state index in [9.17, 15) is 5.11 Å². The fourth-order valence-corrected chi connectivity index (χ4v) is 3.03. The van der Waals surface area contributed by atoms with Crippen molar-refractivity contribution in [1.29, 1.82) is 0 Å². The third-order valence-corrected chi connectivity index (χ3v) is 4.12. The number of aliphatic hydroxyl groups is 1. The SMILES string of the molecule is CCC(O)C(c1ccccc1)c1cccc2ccccc12. The summed E-state index contributed by atoms with van der Waals surface area (Å²) in [6.45, 7) is 2.03. The molecule has 2 atom stereocenters. The Morgan fingerprint density at radius 2 is 1.48 bits per heavy atom. The summed E-state index contributed by atoms with van der Waals surface area (Å²) >= 11 is 0. The van der Waals surface area contributed by atoms with Crippen molar-refractivity contribution in [1.82, 2.24) is 0 Å². The van der Waals surface area contributed by atoms with Crippen LogP contribution in [0.2, 0.25) is 0 Å². The van der Waals surface area contributed by atoms with Gasteiger partial charge in [-0.1, -0.05) is 79.7 Å². The average Bonchev–Trinajstić information content (AvgIpc) is 2.56. The standard InChI is InChI=1S/C20H20O/c1-2-19(21)20(16-10-4-3-5-11-16)18-14-8-12-15-9-6-7-13-17(15)18/h3-14,19-21H,2H2,1H3. The average molecular weight is 276 g/mol. The van der Waals surface area contributed by atoms with E-state index in [0.717, 1.165) is 6.42 Å². The molecular weight excluding hydrogens is 256 g/mol. The molecule has 0 saturated carbocycles. The molecule has 1 heteroatoms. The molecule has 0 fully saturated rings. The summed E-state index contributed by atoms with van der Waals surface area (Å²) in [7, 11) is 0. The Balaban J connectivity index is 2.20. The van der Waals surface area contributed by atoms with Gasteiger partial charge in [0.15, 0.2) is 0 Å². The highest BCUT2D eigenvalue weighted by Crippen LogP contribution is 2.34. The van der Waals surface area contributed by atoms with Gasteiger partial charge in [0.2, 0.25) is 0 Å². The molecule has 0 spiro atoms. The van der Waals surface area contributed by atoms with E-state index < -0.39 is 0 Å². The molecule has 3 aromatic carbocycles. The first kappa shape index (κ1) is 13.8. The lowest BCUT2D eigenvalue weighted by Crippen LogP contribution is -2.19. The minimum Gasteiger partial charge on any atom is -0.392 e. The van der Waals surface area contributed by atoms with Gasteiger partial charge in [-0.25, -0.2) is 0 Å². The summed E-state index contributed by atoms with van der Waals surface area (Å²) in [4.78, 5) is 0. The van der Waals surface area contributed by atoms with Gasteiger partial charge >= 0.3 is 0 Å². The molecule has 0 aromatic heterocycles. The molecule has 0 aliphatic carbocycles. The molecule has 1 N–H and O–H groups in total. The lowest BCUT2D eigenvalue weighted by atomic mass is 9.83. The van der Waals surface area contributed by atoms with Crippen molar-refractivity contribution < 1.29 is 5.11 Å². The first-order valence-corrected chi connectivity index (χ1v) is 7.52. The van der Waals surface area contributed by atoms with Crippen molar-refractivity contribution in [2.75, 3.05) is 0 Å². The van der Waals surface area contributed by atoms with E-state index in [-0.39, 0.29) is 12.0 Å². The lowest BCUT2D eigenvalue weighted by molar-refractivity contribution is 0.153. The third kappa shape index (κ3) is 2.70. The molecule has 0 saturated heterocycles. The van der Waals surface area contributed by atoms with Crippen molar-refractivity contribution in [3.8, 4) is 0 Å². The zero-order valence-electron chi connectivity index (χ0n) is 12.2. The summed E-state index contributed by atoms with van der Waals surface area (Å²) in [5, 5.41) is 13.0. The van der Waals surface area contributed by atoms with Crippen LogP contribution in [0.15, 0.2) is 72.8 Å². The number of rotatable bonds is 4. The van der Waals surface area contributed by atoms with Crippen LogP contribution >= 0.6 is 0 Å². The molecule has 21 heavy (non-hydrogen) atoms. The Kier molecular flexibility index (Phi) is 4.03. The van der Waals surface area contributed by atoms with E-state index in [1.54, 1.807) is 0 Å². The van der Waals surface area contributed by atoms with Gasteiger partial charge in [-0.2, -0.15) is 0 Å². The molecular formula is C20H20O. The molecule has 1 nitrogen and oxygen atoms in total. The Labute approximate surface area is 125 Å². The van der Waals surface area contributed by atoms with E-state index in [1.807, 2.05) is 25.1 Å². The summed E-state index contributed by atoms with van der Waals surface area (Å²) in [5.41, 5.74) is 2.37. The summed E-state index contributed by atoms with van der Waals surface area (Å²) in [6, 6.07) is 25.0. The quantitative estimate of drug-likeness (QED) is 0.729. The monoisotopic (exact) mass is 276 g/mol. The zero-order valence-corrected chi connectivity index (χ0v) is 12.2. The third-order valence-electron chi connectivity index (χ3n) is 4.12. The van der Waals surface area contributed by atoms with Crippen LogP contribution in [0.25, 0.3) is 10.8 Å². The van der Waals surface area contributed by atoms with Crippen molar-refractivity contribution in [2.45, 2.75) is 25.4 Å². The number of hydrogen-bond donors (Lipinski definition) is 1. The van der Waals surface area contributed by atoms with E-state index in [1.165, 1.54) is 21.9 Å². The minimum atomic E-state index is -0.377. The summed E-state index contributed by atoms with van der Waals surface area (Å²) < 4.78 is 0. The van der Waals surface area contributed by atoms with Crippen molar-refractivity contribution >= 4 is 10.8 Å². The molecule has 3 aromatic rings. The Bertz CT molecular complexity index is 713. The predicted molar refractivity (Wildman–Crippen MR) is 88.5 cm³/mol. The van der Waals surface area contributed by atoms with E-state index in [4.69, 9.17) is 0 Å². The number of aliphatic hydroxyl groups excluding tert-OH is 1. The number of hydrogen-bond acceptors (Lipinski definition) is 1. The van der Waals surface area contributed by atoms with Crippen LogP contribution in [0, 0.1) is 0 Å². The van der Waals surface area contributed by atoms with Gasteiger partial charge in [0.25, 0.3) is 0 Å². The van der Waals surface area contributed by atoms with Crippen molar-refractivity contribution in [2.24, 2.45) is 0 Å². The van der Waals surface area contributed by atoms with Crippen LogP contribution in [0.1, 0.15) is 30.4 Å². The zero-order chi connectivity index (χ0) is 14.7. The summed E-state index contributed by atoms with van der Waals surface area (Å²) in [5.74, 6) is 0.0160. The van der Waals surface area contributed by atoms with Crippen LogP contribution in [-0.4, -0.2) is 11.2 Å². The molecule has 0 aliphatic heterocycles. The van der Waals surface area contributed by atoms with Gasteiger partial charge < -0.3 is 5.11 Å². The van der Waals surface area contributed by atoms with Gasteiger partial charge in [-0.15, -0.1) is 0 Å². The van der Waals surface area contributed by atoms with Crippen molar-refractivity contribution in [3.05, 3.63) is 83.9 Å². The molecule has 2 unspecified atom stereocenters. The largest absolute Gasteiger partial charge is 0.392 e. The van der Waals surface area contributed by atoms with Crippen LogP contribution < -0.4 is 0 Å². The molecule has 0 aliphatic rings. The molecule has 0 heterocycles. The topological polar surface area (TPSA) is 20.2 Å². The Morgan fingerprint density at radius 1 is 0.810 bits per heavy atom. The fourth-order valence-electron chi connectivity index (χ4n) is 3.03. The van der Waals surface area contributed by atoms with Gasteiger partial charge in [-0.05, 0) is 28.3 Å². The Hall–Kier alpha value is -2.12. The maximum absolute atomic E-state index is 10.6. The second-order valence-electron chi connectivity index (χ2n) is 5.43. The molecule has 106 valence electrons. The van der Waals surface area contributed by atoms with Crippen LogP contribution in [0.4, 0.5) is 0 Å². The lowest BCUT2D eigenvalue weighted by Gasteiger charge is -2.24. The normalized spacial score (nSPS) is 14.0. The van der Waals surface area contributed by atoms with Crippen LogP contribution in [-0.2, 0) is 0 Å². The van der Waals surface area contributed by atoms with Gasteiger partial charge in [0.05, 0.1) is 6.10 Å². The highest BCUT2D eigenvalue weighted by molar-refractivity contribution is 5.86. The minimum absolute atomic E-state index is 0.0160. The Morgan fingerprint density at radius 3 is 2.24 bits per heavy atom. The van der Waals surface area contributed by atoms with E-state index in [0.29, 0.717) is 0 Å². The highest BCUT2D eigenvalue weighted by atomic mass is 16.3. The fraction of sp³-hybridized carbons (Fsp3) is 0.200. The van der Waals surface area contributed by atoms with Gasteiger partial charge in [0.1, 0.15) is 0 Å². The maximum atomic E-state index is 10.6. The van der Waals surface area contributed by atoms with E-state index >= 15 is 0 Å². The first-order valence-electron chi connectivity index (χ1n) is 7.52. The maximum Gasteiger partial charge on any atom is 0.0646 e. The second kappa shape index (κ2) is 6.11. The first-order chi connectivity index (χ1) is 10.3. The van der Waals surface area contributed by atoms with Crippen LogP contribution in [0.5, 0.6) is 0 Å². The molecule has 0 amide bonds. The molecule has 0 bridgehead atoms. The second-order valence-corrected chi connectivity index (χ2v) is 5.43.